The molecule has 0 aliphatic heterocycles. The average Bonchev–Trinajstić information content (AvgIpc) is 2.31. The second-order valence-electron chi connectivity index (χ2n) is 2.25. The van der Waals surface area contributed by atoms with Crippen molar-refractivity contribution in [2.75, 3.05) is 0 Å². The van der Waals surface area contributed by atoms with Gasteiger partial charge in [0.1, 0.15) is 6.54 Å². The molecule has 1 aromatic rings. The van der Waals surface area contributed by atoms with Crippen molar-refractivity contribution in [2.45, 2.75) is 18.4 Å². The van der Waals surface area contributed by atoms with Gasteiger partial charge in [0, 0.05) is 6.07 Å². The van der Waals surface area contributed by atoms with Crippen molar-refractivity contribution >= 4 is 11.6 Å². The molecule has 1 atom stereocenters. The van der Waals surface area contributed by atoms with Gasteiger partial charge in [-0.3, -0.25) is 4.68 Å². The summed E-state index contributed by atoms with van der Waals surface area (Å²) in [7, 11) is 0. The Balaban J connectivity index is 2.83. The van der Waals surface area contributed by atoms with E-state index in [4.69, 9.17) is 11.6 Å². The van der Waals surface area contributed by atoms with Crippen molar-refractivity contribution in [3.8, 4) is 0 Å². The Bertz CT molecular complexity index is 280. The van der Waals surface area contributed by atoms with Crippen LogP contribution < -0.4 is 0 Å². The van der Waals surface area contributed by atoms with Gasteiger partial charge >= 0.3 is 6.18 Å². The standard InChI is InChI=1S/C6H4ClF4N2/c7-5(8)4-1-2-12-13(4)3-6(9,10)11/h2,5H,3H2. The van der Waals surface area contributed by atoms with Crippen LogP contribution in [0.15, 0.2) is 6.20 Å². The van der Waals surface area contributed by atoms with Crippen LogP contribution in [-0.4, -0.2) is 16.0 Å². The molecular weight excluding hydrogens is 212 g/mol. The monoisotopic (exact) mass is 215 g/mol. The summed E-state index contributed by atoms with van der Waals surface area (Å²) in [5.74, 6) is 0. The largest absolute Gasteiger partial charge is 0.408 e. The van der Waals surface area contributed by atoms with E-state index in [1.54, 1.807) is 0 Å². The van der Waals surface area contributed by atoms with Crippen molar-refractivity contribution in [1.29, 1.82) is 0 Å². The molecule has 1 unspecified atom stereocenters. The molecule has 0 saturated heterocycles. The molecule has 1 heterocycles. The van der Waals surface area contributed by atoms with Crippen LogP contribution in [0.3, 0.4) is 0 Å². The number of nitrogens with zero attached hydrogens (tertiary/aromatic N) is 2. The van der Waals surface area contributed by atoms with E-state index in [-0.39, 0.29) is 0 Å². The van der Waals surface area contributed by atoms with Crippen LogP contribution in [0, 0.1) is 6.07 Å². The van der Waals surface area contributed by atoms with Gasteiger partial charge in [-0.15, -0.1) is 0 Å². The van der Waals surface area contributed by atoms with Gasteiger partial charge < -0.3 is 0 Å². The van der Waals surface area contributed by atoms with Gasteiger partial charge in [0.05, 0.1) is 11.9 Å². The molecule has 0 aliphatic rings. The van der Waals surface area contributed by atoms with Gasteiger partial charge in [-0.25, -0.2) is 4.39 Å². The summed E-state index contributed by atoms with van der Waals surface area (Å²) in [6.07, 6.45) is -3.50. The average molecular weight is 216 g/mol. The summed E-state index contributed by atoms with van der Waals surface area (Å²) in [5.41, 5.74) is -2.44. The molecule has 0 spiro atoms. The third-order valence-electron chi connectivity index (χ3n) is 1.22. The molecule has 1 rings (SSSR count). The normalized spacial score (nSPS) is 14.5. The van der Waals surface area contributed by atoms with Gasteiger partial charge in [0.15, 0.2) is 0 Å². The number of halogens is 5. The molecule has 1 aromatic heterocycles. The number of aromatic nitrogens is 2. The van der Waals surface area contributed by atoms with Crippen LogP contribution in [0.5, 0.6) is 0 Å². The predicted octanol–water partition coefficient (Wildman–Crippen LogP) is 2.45. The minimum Gasteiger partial charge on any atom is -0.255 e. The van der Waals surface area contributed by atoms with Crippen LogP contribution in [0.4, 0.5) is 17.6 Å². The Morgan fingerprint density at radius 3 is 2.69 bits per heavy atom. The lowest BCUT2D eigenvalue weighted by Gasteiger charge is -2.09. The van der Waals surface area contributed by atoms with E-state index >= 15 is 0 Å². The summed E-state index contributed by atoms with van der Waals surface area (Å²) in [6.45, 7) is -1.36. The molecule has 2 nitrogen and oxygen atoms in total. The molecule has 1 radical (unpaired) electrons. The summed E-state index contributed by atoms with van der Waals surface area (Å²) in [5, 5.41) is 3.24. The number of hydrogen-bond donors (Lipinski definition) is 0. The van der Waals surface area contributed by atoms with Crippen LogP contribution >= 0.6 is 11.6 Å². The zero-order valence-electron chi connectivity index (χ0n) is 6.15. The molecule has 0 saturated carbocycles. The van der Waals surface area contributed by atoms with Crippen LogP contribution in [0.1, 0.15) is 11.3 Å². The fourth-order valence-corrected chi connectivity index (χ4v) is 0.949. The maximum Gasteiger partial charge on any atom is 0.408 e. The molecule has 0 amide bonds. The summed E-state index contributed by atoms with van der Waals surface area (Å²) in [4.78, 5) is 0. The summed E-state index contributed by atoms with van der Waals surface area (Å²) < 4.78 is 48.3. The van der Waals surface area contributed by atoms with E-state index in [2.05, 4.69) is 11.2 Å². The smallest absolute Gasteiger partial charge is 0.255 e. The Morgan fingerprint density at radius 2 is 2.23 bits per heavy atom. The molecule has 13 heavy (non-hydrogen) atoms. The third kappa shape index (κ3) is 2.87. The highest BCUT2D eigenvalue weighted by Crippen LogP contribution is 2.24. The molecule has 73 valence electrons. The second-order valence-corrected chi connectivity index (χ2v) is 2.63. The topological polar surface area (TPSA) is 17.8 Å². The number of rotatable bonds is 2. The Morgan fingerprint density at radius 1 is 1.62 bits per heavy atom. The van der Waals surface area contributed by atoms with E-state index in [1.165, 1.54) is 0 Å². The lowest BCUT2D eigenvalue weighted by molar-refractivity contribution is -0.143. The molecule has 0 bridgehead atoms. The lowest BCUT2D eigenvalue weighted by Crippen LogP contribution is -2.20. The quantitative estimate of drug-likeness (QED) is 0.547. The van der Waals surface area contributed by atoms with Gasteiger partial charge in [-0.1, -0.05) is 11.6 Å². The van der Waals surface area contributed by atoms with Crippen LogP contribution in [0.2, 0.25) is 0 Å². The molecule has 0 fully saturated rings. The lowest BCUT2D eigenvalue weighted by atomic mass is 10.4. The van der Waals surface area contributed by atoms with Crippen molar-refractivity contribution in [1.82, 2.24) is 9.78 Å². The van der Waals surface area contributed by atoms with Gasteiger partial charge in [0.25, 0.3) is 0 Å². The minimum absolute atomic E-state index is 0.418. The van der Waals surface area contributed by atoms with E-state index in [0.717, 1.165) is 6.20 Å². The van der Waals surface area contributed by atoms with Gasteiger partial charge in [0.2, 0.25) is 5.63 Å². The van der Waals surface area contributed by atoms with Crippen molar-refractivity contribution in [2.24, 2.45) is 0 Å². The zero-order valence-corrected chi connectivity index (χ0v) is 6.90. The van der Waals surface area contributed by atoms with Gasteiger partial charge in [-0.05, 0) is 0 Å². The van der Waals surface area contributed by atoms with E-state index < -0.39 is 24.0 Å². The molecule has 0 N–H and O–H groups in total. The van der Waals surface area contributed by atoms with Crippen LogP contribution in [-0.2, 0) is 6.54 Å². The Hall–Kier alpha value is -0.780. The predicted molar refractivity (Wildman–Crippen MR) is 36.8 cm³/mol. The van der Waals surface area contributed by atoms with E-state index in [1.807, 2.05) is 0 Å². The number of hydrogen-bond acceptors (Lipinski definition) is 1. The third-order valence-corrected chi connectivity index (χ3v) is 1.43. The Kier molecular flexibility index (Phi) is 2.80. The molecular formula is C6H4ClF4N2. The first-order chi connectivity index (χ1) is 5.90. The highest BCUT2D eigenvalue weighted by atomic mass is 35.5. The SMILES string of the molecule is FC(Cl)c1[c]cnn1CC(F)(F)F. The second kappa shape index (κ2) is 3.53. The summed E-state index contributed by atoms with van der Waals surface area (Å²) in [6, 6.07) is 2.17. The fraction of sp³-hybridized carbons (Fsp3) is 0.500. The molecule has 0 aliphatic carbocycles. The highest BCUT2D eigenvalue weighted by Gasteiger charge is 2.30. The van der Waals surface area contributed by atoms with Crippen molar-refractivity contribution in [3.05, 3.63) is 18.0 Å². The first-order valence-corrected chi connectivity index (χ1v) is 3.62. The van der Waals surface area contributed by atoms with E-state index in [9.17, 15) is 17.6 Å². The maximum atomic E-state index is 12.4. The summed E-state index contributed by atoms with van der Waals surface area (Å²) >= 11 is 4.95. The molecule has 0 aromatic carbocycles. The van der Waals surface area contributed by atoms with Crippen LogP contribution in [0.25, 0.3) is 0 Å². The fourth-order valence-electron chi connectivity index (χ4n) is 0.773. The highest BCUT2D eigenvalue weighted by molar-refractivity contribution is 6.19. The van der Waals surface area contributed by atoms with E-state index in [0.29, 0.717) is 4.68 Å². The zero-order chi connectivity index (χ0) is 10.1. The Labute approximate surface area is 76.1 Å². The number of alkyl halides is 5. The van der Waals surface area contributed by atoms with Crippen molar-refractivity contribution in [3.63, 3.8) is 0 Å². The van der Waals surface area contributed by atoms with Crippen molar-refractivity contribution < 1.29 is 17.6 Å². The first kappa shape index (κ1) is 10.3. The first-order valence-electron chi connectivity index (χ1n) is 3.18. The van der Waals surface area contributed by atoms with Gasteiger partial charge in [-0.2, -0.15) is 18.3 Å². The molecule has 7 heteroatoms. The maximum absolute atomic E-state index is 12.4. The minimum atomic E-state index is -4.44.